The van der Waals surface area contributed by atoms with Crippen LogP contribution >= 0.6 is 11.9 Å². The van der Waals surface area contributed by atoms with Crippen LogP contribution in [0.3, 0.4) is 0 Å². The van der Waals surface area contributed by atoms with Gasteiger partial charge in [-0.2, -0.15) is 0 Å². The molecule has 0 bridgehead atoms. The van der Waals surface area contributed by atoms with Gasteiger partial charge in [-0.25, -0.2) is 0 Å². The van der Waals surface area contributed by atoms with E-state index in [1.165, 1.54) is 11.9 Å². The number of unbranched alkanes of at least 4 members (excludes halogenated alkanes) is 1. The van der Waals surface area contributed by atoms with E-state index in [1.54, 1.807) is 0 Å². The van der Waals surface area contributed by atoms with Crippen molar-refractivity contribution >= 4 is 23.8 Å². The van der Waals surface area contributed by atoms with Gasteiger partial charge in [0.1, 0.15) is 11.9 Å². The average molecular weight is 295 g/mol. The number of hydrogen-bond donors (Lipinski definition) is 3. The van der Waals surface area contributed by atoms with E-state index >= 15 is 0 Å². The smallest absolute Gasteiger partial charge is 0.320 e. The molecule has 1 aromatic rings. The van der Waals surface area contributed by atoms with E-state index < -0.39 is 12.0 Å². The molecule has 6 heteroatoms. The fourth-order valence-electron chi connectivity index (χ4n) is 1.50. The minimum absolute atomic E-state index is 0.496. The number of amidine groups is 1. The number of carboxylic acid groups (broad SMARTS) is 1. The molecule has 4 N–H and O–H groups in total. The summed E-state index contributed by atoms with van der Waals surface area (Å²) in [6.07, 6.45) is 2.11. The molecular formula is C14H21N3O2S. The first kappa shape index (κ1) is 16.5. The van der Waals surface area contributed by atoms with Crippen LogP contribution in [0.25, 0.3) is 0 Å². The zero-order valence-corrected chi connectivity index (χ0v) is 12.4. The molecule has 0 aliphatic rings. The predicted octanol–water partition coefficient (Wildman–Crippen LogP) is 2.28. The van der Waals surface area contributed by atoms with Crippen LogP contribution in [0.4, 0.5) is 0 Å². The van der Waals surface area contributed by atoms with E-state index in [9.17, 15) is 4.79 Å². The van der Waals surface area contributed by atoms with Gasteiger partial charge in [0.05, 0.1) is 0 Å². The number of nitrogens with one attached hydrogen (secondary N) is 1. The third-order valence-electron chi connectivity index (χ3n) is 2.65. The minimum atomic E-state index is -0.939. The van der Waals surface area contributed by atoms with E-state index in [4.69, 9.17) is 10.8 Å². The van der Waals surface area contributed by atoms with Gasteiger partial charge in [-0.3, -0.25) is 9.79 Å². The molecule has 110 valence electrons. The van der Waals surface area contributed by atoms with Gasteiger partial charge >= 0.3 is 5.97 Å². The van der Waals surface area contributed by atoms with Gasteiger partial charge in [-0.05, 0) is 50.3 Å². The lowest BCUT2D eigenvalue weighted by Crippen LogP contribution is -2.29. The number of aliphatic carboxylic acids is 1. The number of aliphatic imine (C=N–C) groups is 1. The number of rotatable bonds is 8. The molecule has 1 rings (SSSR count). The molecule has 1 unspecified atom stereocenters. The Morgan fingerprint density at radius 3 is 2.75 bits per heavy atom. The van der Waals surface area contributed by atoms with Crippen LogP contribution in [0.15, 0.2) is 40.2 Å². The molecule has 0 saturated heterocycles. The third kappa shape index (κ3) is 7.16. The van der Waals surface area contributed by atoms with E-state index in [-0.39, 0.29) is 0 Å². The van der Waals surface area contributed by atoms with Crippen LogP contribution < -0.4 is 10.5 Å². The summed E-state index contributed by atoms with van der Waals surface area (Å²) in [5, 5.41) is 8.64. The van der Waals surface area contributed by atoms with Crippen molar-refractivity contribution in [2.45, 2.75) is 37.1 Å². The molecule has 0 aliphatic heterocycles. The molecule has 0 spiro atoms. The Bertz CT molecular complexity index is 437. The zero-order valence-electron chi connectivity index (χ0n) is 11.6. The van der Waals surface area contributed by atoms with Gasteiger partial charge in [0.15, 0.2) is 0 Å². The number of carbonyl (C=O) groups is 1. The summed E-state index contributed by atoms with van der Waals surface area (Å²) in [4.78, 5) is 16.0. The highest BCUT2D eigenvalue weighted by molar-refractivity contribution is 7.98. The molecule has 0 amide bonds. The van der Waals surface area contributed by atoms with Gasteiger partial charge in [-0.15, -0.1) is 0 Å². The number of nitrogens with zero attached hydrogens (tertiary/aromatic N) is 1. The Morgan fingerprint density at radius 1 is 1.40 bits per heavy atom. The second-order valence-electron chi connectivity index (χ2n) is 4.42. The Morgan fingerprint density at radius 2 is 2.10 bits per heavy atom. The second kappa shape index (κ2) is 9.39. The van der Waals surface area contributed by atoms with Crippen molar-refractivity contribution in [2.24, 2.45) is 10.7 Å². The first-order chi connectivity index (χ1) is 9.59. The van der Waals surface area contributed by atoms with Crippen molar-refractivity contribution in [3.63, 3.8) is 0 Å². The molecule has 20 heavy (non-hydrogen) atoms. The summed E-state index contributed by atoms with van der Waals surface area (Å²) >= 11 is 1.52. The van der Waals surface area contributed by atoms with Gasteiger partial charge in [-0.1, -0.05) is 18.2 Å². The molecular weight excluding hydrogens is 274 g/mol. The van der Waals surface area contributed by atoms with E-state index in [0.29, 0.717) is 13.0 Å². The van der Waals surface area contributed by atoms with E-state index in [2.05, 4.69) is 9.71 Å². The highest BCUT2D eigenvalue weighted by Gasteiger charge is 2.09. The van der Waals surface area contributed by atoms with Gasteiger partial charge < -0.3 is 15.6 Å². The molecule has 0 aromatic heterocycles. The van der Waals surface area contributed by atoms with Crippen LogP contribution in [0.2, 0.25) is 0 Å². The summed E-state index contributed by atoms with van der Waals surface area (Å²) in [6.45, 7) is 2.60. The third-order valence-corrected chi connectivity index (χ3v) is 3.55. The van der Waals surface area contributed by atoms with Gasteiger partial charge in [0, 0.05) is 11.4 Å². The molecule has 0 heterocycles. The van der Waals surface area contributed by atoms with Crippen molar-refractivity contribution in [3.8, 4) is 0 Å². The molecule has 0 saturated carbocycles. The van der Waals surface area contributed by atoms with Crippen LogP contribution in [-0.4, -0.2) is 29.5 Å². The molecule has 1 aromatic carbocycles. The number of nitrogens with two attached hydrogens (primary N) is 1. The summed E-state index contributed by atoms with van der Waals surface area (Å²) in [5.41, 5.74) is 5.42. The fourth-order valence-corrected chi connectivity index (χ4v) is 2.12. The van der Waals surface area contributed by atoms with Gasteiger partial charge in [0.25, 0.3) is 0 Å². The highest BCUT2D eigenvalue weighted by Crippen LogP contribution is 2.12. The molecule has 0 radical (unpaired) electrons. The van der Waals surface area contributed by atoms with Crippen molar-refractivity contribution in [1.29, 1.82) is 0 Å². The Kier molecular flexibility index (Phi) is 7.75. The van der Waals surface area contributed by atoms with Crippen molar-refractivity contribution in [2.75, 3.05) is 6.54 Å². The average Bonchev–Trinajstić information content (AvgIpc) is 2.45. The summed E-state index contributed by atoms with van der Waals surface area (Å²) < 4.78 is 3.16. The predicted molar refractivity (Wildman–Crippen MR) is 82.9 cm³/mol. The summed E-state index contributed by atoms with van der Waals surface area (Å²) in [7, 11) is 0. The maximum absolute atomic E-state index is 10.5. The fraction of sp³-hybridized carbons (Fsp3) is 0.429. The van der Waals surface area contributed by atoms with Crippen LogP contribution in [0.1, 0.15) is 26.2 Å². The zero-order chi connectivity index (χ0) is 14.8. The largest absolute Gasteiger partial charge is 0.480 e. The molecule has 5 nitrogen and oxygen atoms in total. The number of carboxylic acids is 1. The number of benzene rings is 1. The minimum Gasteiger partial charge on any atom is -0.480 e. The van der Waals surface area contributed by atoms with Crippen LogP contribution in [-0.2, 0) is 4.79 Å². The van der Waals surface area contributed by atoms with Crippen molar-refractivity contribution < 1.29 is 9.90 Å². The molecule has 0 fully saturated rings. The van der Waals surface area contributed by atoms with Crippen molar-refractivity contribution in [1.82, 2.24) is 4.72 Å². The maximum atomic E-state index is 10.5. The lowest BCUT2D eigenvalue weighted by Gasteiger charge is -2.06. The SMILES string of the molecule is CC(=NCCCCC(N)C(=O)O)NSc1ccccc1. The Hall–Kier alpha value is -1.53. The van der Waals surface area contributed by atoms with E-state index in [0.717, 1.165) is 23.6 Å². The highest BCUT2D eigenvalue weighted by atomic mass is 32.2. The lowest BCUT2D eigenvalue weighted by atomic mass is 10.1. The maximum Gasteiger partial charge on any atom is 0.320 e. The normalized spacial score (nSPS) is 13.0. The quantitative estimate of drug-likeness (QED) is 0.296. The van der Waals surface area contributed by atoms with Crippen molar-refractivity contribution in [3.05, 3.63) is 30.3 Å². The standard InChI is InChI=1S/C14H21N3O2S/c1-11(17-20-12-7-3-2-4-8-12)16-10-6-5-9-13(15)14(18)19/h2-4,7-8,13H,5-6,9-10,15H2,1H3,(H,16,17)(H,18,19). The molecule has 1 atom stereocenters. The first-order valence-corrected chi connectivity index (χ1v) is 7.38. The second-order valence-corrected chi connectivity index (χ2v) is 5.30. The Balaban J connectivity index is 2.14. The molecule has 0 aliphatic carbocycles. The topological polar surface area (TPSA) is 87.7 Å². The monoisotopic (exact) mass is 295 g/mol. The van der Waals surface area contributed by atoms with E-state index in [1.807, 2.05) is 37.3 Å². The van der Waals surface area contributed by atoms with Crippen LogP contribution in [0.5, 0.6) is 0 Å². The first-order valence-electron chi connectivity index (χ1n) is 6.57. The number of hydrogen-bond acceptors (Lipinski definition) is 4. The van der Waals surface area contributed by atoms with Crippen LogP contribution in [0, 0.1) is 0 Å². The lowest BCUT2D eigenvalue weighted by molar-refractivity contribution is -0.138. The summed E-state index contributed by atoms with van der Waals surface area (Å²) in [5.74, 6) is -0.0769. The van der Waals surface area contributed by atoms with Gasteiger partial charge in [0.2, 0.25) is 0 Å². The summed E-state index contributed by atoms with van der Waals surface area (Å²) in [6, 6.07) is 9.25. The Labute approximate surface area is 123 Å².